The highest BCUT2D eigenvalue weighted by Gasteiger charge is 2.27. The van der Waals surface area contributed by atoms with Gasteiger partial charge >= 0.3 is 6.03 Å². The van der Waals surface area contributed by atoms with Crippen LogP contribution in [-0.4, -0.2) is 39.2 Å². The maximum atomic E-state index is 11.7. The number of amides is 2. The lowest BCUT2D eigenvalue weighted by Crippen LogP contribution is -2.37. The van der Waals surface area contributed by atoms with E-state index in [0.717, 1.165) is 37.6 Å². The Morgan fingerprint density at radius 3 is 2.88 bits per heavy atom. The first-order chi connectivity index (χ1) is 8.33. The lowest BCUT2D eigenvalue weighted by Gasteiger charge is -2.15. The summed E-state index contributed by atoms with van der Waals surface area (Å²) in [5.74, 6) is 2.20. The average molecular weight is 235 g/mol. The minimum absolute atomic E-state index is 0.00636. The number of hydrogen-bond acceptors (Lipinski definition) is 3. The largest absolute Gasteiger partial charge is 0.331 e. The molecule has 2 heterocycles. The molecule has 1 saturated heterocycles. The minimum atomic E-state index is 0.00636. The van der Waals surface area contributed by atoms with Gasteiger partial charge in [0.15, 0.2) is 5.82 Å². The summed E-state index contributed by atoms with van der Waals surface area (Å²) in [6.07, 6.45) is 4.61. The molecule has 2 aliphatic rings. The fourth-order valence-corrected chi connectivity index (χ4v) is 2.10. The number of H-pyrrole nitrogens is 1. The molecule has 0 bridgehead atoms. The molecule has 6 heteroatoms. The van der Waals surface area contributed by atoms with Crippen LogP contribution >= 0.6 is 0 Å². The zero-order chi connectivity index (χ0) is 11.7. The van der Waals surface area contributed by atoms with Crippen LogP contribution in [0.2, 0.25) is 0 Å². The van der Waals surface area contributed by atoms with Crippen molar-refractivity contribution >= 4 is 6.03 Å². The van der Waals surface area contributed by atoms with Gasteiger partial charge in [0.05, 0.1) is 6.54 Å². The lowest BCUT2D eigenvalue weighted by molar-refractivity contribution is 0.208. The maximum Gasteiger partial charge on any atom is 0.317 e. The van der Waals surface area contributed by atoms with E-state index >= 15 is 0 Å². The van der Waals surface area contributed by atoms with E-state index in [-0.39, 0.29) is 6.03 Å². The third-order valence-corrected chi connectivity index (χ3v) is 3.29. The molecular formula is C11H17N5O. The van der Waals surface area contributed by atoms with Crippen molar-refractivity contribution in [2.75, 3.05) is 13.1 Å². The highest BCUT2D eigenvalue weighted by Crippen LogP contribution is 2.37. The Morgan fingerprint density at radius 2 is 2.18 bits per heavy atom. The van der Waals surface area contributed by atoms with Crippen LogP contribution in [-0.2, 0) is 6.54 Å². The molecule has 0 spiro atoms. The van der Waals surface area contributed by atoms with Crippen LogP contribution in [0.3, 0.4) is 0 Å². The number of hydrogen-bond donors (Lipinski definition) is 2. The fraction of sp³-hybridized carbons (Fsp3) is 0.727. The Labute approximate surface area is 99.8 Å². The van der Waals surface area contributed by atoms with E-state index in [1.165, 1.54) is 12.8 Å². The zero-order valence-corrected chi connectivity index (χ0v) is 9.78. The first-order valence-corrected chi connectivity index (χ1v) is 6.27. The minimum Gasteiger partial charge on any atom is -0.331 e. The number of rotatable bonds is 3. The topological polar surface area (TPSA) is 73.9 Å². The standard InChI is InChI=1S/C11H17N5O/c17-11(16-5-1-2-6-16)12-7-9-13-10(15-14-9)8-3-4-8/h8H,1-7H2,(H,12,17)(H,13,14,15). The van der Waals surface area contributed by atoms with E-state index < -0.39 is 0 Å². The molecule has 0 atom stereocenters. The highest BCUT2D eigenvalue weighted by molar-refractivity contribution is 5.74. The molecule has 2 amide bonds. The maximum absolute atomic E-state index is 11.7. The Hall–Kier alpha value is -1.59. The van der Waals surface area contributed by atoms with E-state index in [9.17, 15) is 4.79 Å². The first kappa shape index (κ1) is 10.6. The summed E-state index contributed by atoms with van der Waals surface area (Å²) in [5.41, 5.74) is 0. The lowest BCUT2D eigenvalue weighted by atomic mass is 10.4. The number of nitrogens with zero attached hydrogens (tertiary/aromatic N) is 3. The number of aromatic nitrogens is 3. The number of aromatic amines is 1. The molecule has 0 radical (unpaired) electrons. The number of likely N-dealkylation sites (tertiary alicyclic amines) is 1. The molecule has 2 N–H and O–H groups in total. The predicted molar refractivity (Wildman–Crippen MR) is 61.4 cm³/mol. The molecule has 1 aromatic heterocycles. The number of carbonyl (C=O) groups excluding carboxylic acids is 1. The Kier molecular flexibility index (Phi) is 2.70. The average Bonchev–Trinajstić information content (AvgIpc) is 2.88. The van der Waals surface area contributed by atoms with Crippen LogP contribution in [0.1, 0.15) is 43.3 Å². The van der Waals surface area contributed by atoms with Gasteiger partial charge in [0, 0.05) is 19.0 Å². The zero-order valence-electron chi connectivity index (χ0n) is 9.78. The quantitative estimate of drug-likeness (QED) is 0.820. The van der Waals surface area contributed by atoms with Gasteiger partial charge in [0.25, 0.3) is 0 Å². The van der Waals surface area contributed by atoms with Crippen molar-refractivity contribution in [1.82, 2.24) is 25.4 Å². The van der Waals surface area contributed by atoms with Gasteiger partial charge in [-0.3, -0.25) is 5.10 Å². The molecule has 0 aromatic carbocycles. The van der Waals surface area contributed by atoms with Crippen molar-refractivity contribution in [2.24, 2.45) is 0 Å². The van der Waals surface area contributed by atoms with Crippen LogP contribution < -0.4 is 5.32 Å². The Morgan fingerprint density at radius 1 is 1.41 bits per heavy atom. The van der Waals surface area contributed by atoms with Crippen molar-refractivity contribution in [2.45, 2.75) is 38.1 Å². The van der Waals surface area contributed by atoms with Crippen LogP contribution in [0.15, 0.2) is 0 Å². The Bertz CT molecular complexity index is 406. The second-order valence-corrected chi connectivity index (χ2v) is 4.77. The van der Waals surface area contributed by atoms with E-state index in [1.54, 1.807) is 0 Å². The van der Waals surface area contributed by atoms with Crippen LogP contribution in [0.25, 0.3) is 0 Å². The summed E-state index contributed by atoms with van der Waals surface area (Å²) in [6.45, 7) is 2.18. The summed E-state index contributed by atoms with van der Waals surface area (Å²) in [4.78, 5) is 17.9. The molecule has 0 unspecified atom stereocenters. The van der Waals surface area contributed by atoms with Gasteiger partial charge in [-0.05, 0) is 25.7 Å². The van der Waals surface area contributed by atoms with Gasteiger partial charge in [0.1, 0.15) is 5.82 Å². The van der Waals surface area contributed by atoms with Crippen molar-refractivity contribution in [3.63, 3.8) is 0 Å². The van der Waals surface area contributed by atoms with Crippen molar-refractivity contribution in [1.29, 1.82) is 0 Å². The van der Waals surface area contributed by atoms with E-state index in [4.69, 9.17) is 0 Å². The fourth-order valence-electron chi connectivity index (χ4n) is 2.10. The number of nitrogens with one attached hydrogen (secondary N) is 2. The first-order valence-electron chi connectivity index (χ1n) is 6.27. The van der Waals surface area contributed by atoms with Gasteiger partial charge < -0.3 is 10.2 Å². The van der Waals surface area contributed by atoms with Gasteiger partial charge in [-0.1, -0.05) is 0 Å². The molecule has 1 aromatic rings. The van der Waals surface area contributed by atoms with Gasteiger partial charge in [-0.15, -0.1) is 0 Å². The predicted octanol–water partition coefficient (Wildman–Crippen LogP) is 0.987. The molecule has 1 aliphatic heterocycles. The second-order valence-electron chi connectivity index (χ2n) is 4.77. The van der Waals surface area contributed by atoms with E-state index in [0.29, 0.717) is 12.5 Å². The molecule has 1 aliphatic carbocycles. The summed E-state index contributed by atoms with van der Waals surface area (Å²) in [6, 6.07) is 0.00636. The van der Waals surface area contributed by atoms with Gasteiger partial charge in [-0.25, -0.2) is 9.78 Å². The van der Waals surface area contributed by atoms with Crippen molar-refractivity contribution < 1.29 is 4.79 Å². The summed E-state index contributed by atoms with van der Waals surface area (Å²) in [7, 11) is 0. The SMILES string of the molecule is O=C(NCc1nc(C2CC2)n[nH]1)N1CCCC1. The van der Waals surface area contributed by atoms with Gasteiger partial charge in [-0.2, -0.15) is 5.10 Å². The second kappa shape index (κ2) is 4.35. The number of urea groups is 1. The third-order valence-electron chi connectivity index (χ3n) is 3.29. The molecule has 6 nitrogen and oxygen atoms in total. The smallest absolute Gasteiger partial charge is 0.317 e. The van der Waals surface area contributed by atoms with E-state index in [2.05, 4.69) is 20.5 Å². The van der Waals surface area contributed by atoms with Crippen LogP contribution in [0.5, 0.6) is 0 Å². The van der Waals surface area contributed by atoms with E-state index in [1.807, 2.05) is 4.90 Å². The Balaban J connectivity index is 1.50. The summed E-state index contributed by atoms with van der Waals surface area (Å²) in [5, 5.41) is 9.90. The summed E-state index contributed by atoms with van der Waals surface area (Å²) >= 11 is 0. The monoisotopic (exact) mass is 235 g/mol. The third kappa shape index (κ3) is 2.40. The van der Waals surface area contributed by atoms with Gasteiger partial charge in [0.2, 0.25) is 0 Å². The van der Waals surface area contributed by atoms with Crippen molar-refractivity contribution in [3.05, 3.63) is 11.6 Å². The molecule has 3 rings (SSSR count). The molecule has 92 valence electrons. The molecular weight excluding hydrogens is 218 g/mol. The summed E-state index contributed by atoms with van der Waals surface area (Å²) < 4.78 is 0. The number of carbonyl (C=O) groups is 1. The van der Waals surface area contributed by atoms with Crippen molar-refractivity contribution in [3.8, 4) is 0 Å². The molecule has 1 saturated carbocycles. The molecule has 17 heavy (non-hydrogen) atoms. The van der Waals surface area contributed by atoms with Crippen LogP contribution in [0, 0.1) is 0 Å². The molecule has 2 fully saturated rings. The highest BCUT2D eigenvalue weighted by atomic mass is 16.2. The normalized spacial score (nSPS) is 19.6. The van der Waals surface area contributed by atoms with Crippen LogP contribution in [0.4, 0.5) is 4.79 Å².